The predicted octanol–water partition coefficient (Wildman–Crippen LogP) is 1.68. The van der Waals surface area contributed by atoms with Gasteiger partial charge in [0.2, 0.25) is 5.91 Å². The van der Waals surface area contributed by atoms with Crippen LogP contribution in [0.4, 0.5) is 4.79 Å². The number of aliphatic hydroxyl groups is 1. The molecule has 2 amide bonds. The average Bonchev–Trinajstić information content (AvgIpc) is 2.89. The minimum absolute atomic E-state index is 0.0589. The predicted molar refractivity (Wildman–Crippen MR) is 132 cm³/mol. The van der Waals surface area contributed by atoms with Crippen LogP contribution in [0.3, 0.4) is 0 Å². The second kappa shape index (κ2) is 13.1. The van der Waals surface area contributed by atoms with Crippen molar-refractivity contribution in [1.29, 1.82) is 0 Å². The van der Waals surface area contributed by atoms with Crippen LogP contribution in [0, 0.1) is 0 Å². The van der Waals surface area contributed by atoms with E-state index in [1.54, 1.807) is 30.3 Å². The lowest BCUT2D eigenvalue weighted by molar-refractivity contribution is -0.145. The van der Waals surface area contributed by atoms with Gasteiger partial charge in [0.15, 0.2) is 0 Å². The van der Waals surface area contributed by atoms with Gasteiger partial charge in [-0.1, -0.05) is 30.3 Å². The molecule has 0 aliphatic heterocycles. The molecule has 37 heavy (non-hydrogen) atoms. The van der Waals surface area contributed by atoms with E-state index in [-0.39, 0.29) is 25.2 Å². The molecule has 0 saturated carbocycles. The van der Waals surface area contributed by atoms with Gasteiger partial charge in [0.1, 0.15) is 24.0 Å². The van der Waals surface area contributed by atoms with E-state index in [4.69, 9.17) is 18.6 Å². The molecule has 0 saturated heterocycles. The van der Waals surface area contributed by atoms with E-state index in [1.165, 1.54) is 20.3 Å². The molecule has 0 bridgehead atoms. The first kappa shape index (κ1) is 27.2. The second-order valence-corrected chi connectivity index (χ2v) is 8.10. The van der Waals surface area contributed by atoms with Gasteiger partial charge < -0.3 is 34.4 Å². The third kappa shape index (κ3) is 8.07. The molecule has 11 heteroatoms. The Kier molecular flexibility index (Phi) is 9.61. The zero-order chi connectivity index (χ0) is 26.8. The summed E-state index contributed by atoms with van der Waals surface area (Å²) in [5.41, 5.74) is 0.881. The molecule has 2 aromatic carbocycles. The van der Waals surface area contributed by atoms with E-state index >= 15 is 0 Å². The standard InChI is InChI=1S/C26H28N2O9/c1-34-19-8-9-20-17(11-24(31)37-22(20)13-19)10-21(25(32)35-2)28-23(30)12-18(29)14-27-26(33)36-15-16-6-4-3-5-7-16/h3-9,11,13,18,21,29H,10,12,14-15H2,1-2H3,(H,27,33)(H,28,30)/t18-,21-/m1/s1. The van der Waals surface area contributed by atoms with Crippen molar-refractivity contribution in [3.05, 3.63) is 76.1 Å². The van der Waals surface area contributed by atoms with Crippen molar-refractivity contribution < 1.29 is 38.1 Å². The first-order chi connectivity index (χ1) is 17.8. The van der Waals surface area contributed by atoms with E-state index < -0.39 is 42.2 Å². The molecule has 0 unspecified atom stereocenters. The first-order valence-corrected chi connectivity index (χ1v) is 11.4. The molecule has 2 atom stereocenters. The Morgan fingerprint density at radius 1 is 1.05 bits per heavy atom. The number of amides is 2. The van der Waals surface area contributed by atoms with Gasteiger partial charge in [0.25, 0.3) is 0 Å². The maximum atomic E-state index is 12.5. The van der Waals surface area contributed by atoms with Gasteiger partial charge in [-0.3, -0.25) is 4.79 Å². The largest absolute Gasteiger partial charge is 0.497 e. The number of nitrogens with one attached hydrogen (secondary N) is 2. The number of hydrogen-bond donors (Lipinski definition) is 3. The maximum absolute atomic E-state index is 12.5. The van der Waals surface area contributed by atoms with Crippen LogP contribution in [0.25, 0.3) is 11.0 Å². The normalized spacial score (nSPS) is 12.3. The molecule has 0 aliphatic carbocycles. The van der Waals surface area contributed by atoms with Crippen LogP contribution < -0.4 is 21.0 Å². The minimum atomic E-state index is -1.24. The topological polar surface area (TPSA) is 153 Å². The van der Waals surface area contributed by atoms with Gasteiger partial charge in [0, 0.05) is 30.5 Å². The number of carbonyl (C=O) groups is 3. The number of hydrogen-bond acceptors (Lipinski definition) is 9. The van der Waals surface area contributed by atoms with E-state index in [0.717, 1.165) is 5.56 Å². The summed E-state index contributed by atoms with van der Waals surface area (Å²) in [4.78, 5) is 48.8. The van der Waals surface area contributed by atoms with Crippen molar-refractivity contribution in [3.63, 3.8) is 0 Å². The van der Waals surface area contributed by atoms with Crippen molar-refractivity contribution in [2.75, 3.05) is 20.8 Å². The highest BCUT2D eigenvalue weighted by Gasteiger charge is 2.25. The van der Waals surface area contributed by atoms with Gasteiger partial charge in [-0.25, -0.2) is 14.4 Å². The van der Waals surface area contributed by atoms with Gasteiger partial charge in [-0.15, -0.1) is 0 Å². The van der Waals surface area contributed by atoms with E-state index in [0.29, 0.717) is 16.7 Å². The molecule has 3 aromatic rings. The van der Waals surface area contributed by atoms with Crippen molar-refractivity contribution in [3.8, 4) is 5.75 Å². The number of esters is 1. The summed E-state index contributed by atoms with van der Waals surface area (Å²) >= 11 is 0. The summed E-state index contributed by atoms with van der Waals surface area (Å²) in [6.45, 7) is -0.181. The fraction of sp³-hybridized carbons (Fsp3) is 0.308. The van der Waals surface area contributed by atoms with Gasteiger partial charge in [0.05, 0.1) is 26.7 Å². The van der Waals surface area contributed by atoms with Crippen molar-refractivity contribution in [2.24, 2.45) is 0 Å². The summed E-state index contributed by atoms with van der Waals surface area (Å²) < 4.78 is 20.2. The van der Waals surface area contributed by atoms with Crippen molar-refractivity contribution >= 4 is 28.9 Å². The summed E-state index contributed by atoms with van der Waals surface area (Å²) in [5.74, 6) is -0.909. The van der Waals surface area contributed by atoms with E-state index in [2.05, 4.69) is 10.6 Å². The monoisotopic (exact) mass is 512 g/mol. The highest BCUT2D eigenvalue weighted by molar-refractivity contribution is 5.87. The van der Waals surface area contributed by atoms with Crippen LogP contribution >= 0.6 is 0 Å². The van der Waals surface area contributed by atoms with Crippen LogP contribution in [0.2, 0.25) is 0 Å². The Hall–Kier alpha value is -4.38. The van der Waals surface area contributed by atoms with E-state index in [9.17, 15) is 24.3 Å². The molecule has 1 aromatic heterocycles. The van der Waals surface area contributed by atoms with Crippen molar-refractivity contribution in [2.45, 2.75) is 31.6 Å². The molecule has 0 fully saturated rings. The average molecular weight is 513 g/mol. The smallest absolute Gasteiger partial charge is 0.407 e. The molecular formula is C26H28N2O9. The minimum Gasteiger partial charge on any atom is -0.497 e. The number of benzene rings is 2. The molecule has 3 N–H and O–H groups in total. The molecule has 196 valence electrons. The summed E-state index contributed by atoms with van der Waals surface area (Å²) in [7, 11) is 2.65. The lowest BCUT2D eigenvalue weighted by Gasteiger charge is -2.19. The van der Waals surface area contributed by atoms with Crippen molar-refractivity contribution in [1.82, 2.24) is 10.6 Å². The van der Waals surface area contributed by atoms with Crippen LogP contribution in [0.1, 0.15) is 17.5 Å². The molecule has 3 rings (SSSR count). The lowest BCUT2D eigenvalue weighted by Crippen LogP contribution is -2.45. The van der Waals surface area contributed by atoms with Gasteiger partial charge in [-0.2, -0.15) is 0 Å². The highest BCUT2D eigenvalue weighted by atomic mass is 16.5. The third-order valence-electron chi connectivity index (χ3n) is 5.40. The SMILES string of the molecule is COC(=O)[C@@H](Cc1cc(=O)oc2cc(OC)ccc12)NC(=O)C[C@@H](O)CNC(=O)OCc1ccccc1. The highest BCUT2D eigenvalue weighted by Crippen LogP contribution is 2.23. The quantitative estimate of drug-likeness (QED) is 0.257. The zero-order valence-corrected chi connectivity index (χ0v) is 20.4. The number of alkyl carbamates (subject to hydrolysis) is 1. The Morgan fingerprint density at radius 2 is 1.81 bits per heavy atom. The Bertz CT molecular complexity index is 1290. The molecule has 0 spiro atoms. The fourth-order valence-corrected chi connectivity index (χ4v) is 3.58. The number of ether oxygens (including phenoxy) is 3. The third-order valence-corrected chi connectivity index (χ3v) is 5.40. The number of methoxy groups -OCH3 is 2. The molecule has 0 aliphatic rings. The number of carbonyl (C=O) groups excluding carboxylic acids is 3. The Labute approximate surface area is 212 Å². The van der Waals surface area contributed by atoms with Crippen LogP contribution in [-0.2, 0) is 32.1 Å². The first-order valence-electron chi connectivity index (χ1n) is 11.4. The number of fused-ring (bicyclic) bond motifs is 1. The van der Waals surface area contributed by atoms with Crippen LogP contribution in [0.5, 0.6) is 5.75 Å². The summed E-state index contributed by atoms with van der Waals surface area (Å²) in [6.07, 6.45) is -2.45. The zero-order valence-electron chi connectivity index (χ0n) is 20.4. The number of aliphatic hydroxyl groups excluding tert-OH is 1. The Morgan fingerprint density at radius 3 is 2.51 bits per heavy atom. The maximum Gasteiger partial charge on any atom is 0.407 e. The van der Waals surface area contributed by atoms with Crippen LogP contribution in [-0.4, -0.2) is 56.0 Å². The van der Waals surface area contributed by atoms with Crippen LogP contribution in [0.15, 0.2) is 63.8 Å². The summed E-state index contributed by atoms with van der Waals surface area (Å²) in [6, 6.07) is 14.0. The molecule has 1 heterocycles. The molecular weight excluding hydrogens is 484 g/mol. The second-order valence-electron chi connectivity index (χ2n) is 8.10. The molecule has 11 nitrogen and oxygen atoms in total. The van der Waals surface area contributed by atoms with Gasteiger partial charge in [-0.05, 0) is 23.3 Å². The number of rotatable bonds is 11. The van der Waals surface area contributed by atoms with E-state index in [1.807, 2.05) is 18.2 Å². The molecule has 0 radical (unpaired) electrons. The van der Waals surface area contributed by atoms with Gasteiger partial charge >= 0.3 is 17.7 Å². The fourth-order valence-electron chi connectivity index (χ4n) is 3.58. The lowest BCUT2D eigenvalue weighted by atomic mass is 10.0. The Balaban J connectivity index is 1.57. The summed E-state index contributed by atoms with van der Waals surface area (Å²) in [5, 5.41) is 15.6.